The molecular weight excluding hydrogens is 258 g/mol. The highest BCUT2D eigenvalue weighted by Gasteiger charge is 2.32. The summed E-state index contributed by atoms with van der Waals surface area (Å²) in [5.74, 6) is 1.61. The first-order valence-electron chi connectivity index (χ1n) is 6.84. The average molecular weight is 282 g/mol. The van der Waals surface area contributed by atoms with Crippen LogP contribution in [0.15, 0.2) is 6.07 Å². The summed E-state index contributed by atoms with van der Waals surface area (Å²) in [7, 11) is 2.19. The van der Waals surface area contributed by atoms with E-state index in [-0.39, 0.29) is 5.54 Å². The molecule has 0 unspecified atom stereocenters. The molecule has 1 saturated heterocycles. The van der Waals surface area contributed by atoms with Crippen LogP contribution in [0.1, 0.15) is 30.7 Å². The zero-order valence-corrected chi connectivity index (χ0v) is 13.4. The second-order valence-electron chi connectivity index (χ2n) is 6.17. The molecule has 0 amide bonds. The van der Waals surface area contributed by atoms with Crippen LogP contribution >= 0.6 is 11.6 Å². The van der Waals surface area contributed by atoms with E-state index in [1.165, 1.54) is 11.1 Å². The zero-order valence-electron chi connectivity index (χ0n) is 12.6. The van der Waals surface area contributed by atoms with Gasteiger partial charge in [-0.3, -0.25) is 4.90 Å². The molecule has 0 aliphatic carbocycles. The summed E-state index contributed by atoms with van der Waals surface area (Å²) in [6.07, 6.45) is 0. The zero-order chi connectivity index (χ0) is 14.2. The van der Waals surface area contributed by atoms with Crippen LogP contribution in [0.2, 0.25) is 0 Å². The third-order valence-electron chi connectivity index (χ3n) is 4.20. The van der Waals surface area contributed by atoms with Gasteiger partial charge >= 0.3 is 0 Å². The standard InChI is InChI=1S/C15H24ClN3/c1-11-8-12(2)17-14(13(11)9-16)19-7-6-18(5)15(3,4)10-19/h8H,6-7,9-10H2,1-5H3. The molecule has 0 atom stereocenters. The van der Waals surface area contributed by atoms with Crippen LogP contribution in [0.3, 0.4) is 0 Å². The third-order valence-corrected chi connectivity index (χ3v) is 4.47. The summed E-state index contributed by atoms with van der Waals surface area (Å²) in [6, 6.07) is 2.11. The molecule has 0 radical (unpaired) electrons. The van der Waals surface area contributed by atoms with Crippen molar-refractivity contribution in [1.82, 2.24) is 9.88 Å². The maximum absolute atomic E-state index is 6.13. The molecule has 1 aromatic rings. The van der Waals surface area contributed by atoms with E-state index < -0.39 is 0 Å². The van der Waals surface area contributed by atoms with Gasteiger partial charge in [-0.15, -0.1) is 11.6 Å². The fraction of sp³-hybridized carbons (Fsp3) is 0.667. The summed E-state index contributed by atoms with van der Waals surface area (Å²) in [4.78, 5) is 9.54. The maximum Gasteiger partial charge on any atom is 0.133 e. The van der Waals surface area contributed by atoms with E-state index in [4.69, 9.17) is 16.6 Å². The lowest BCUT2D eigenvalue weighted by Crippen LogP contribution is -2.58. The number of halogens is 1. The Labute approximate surface area is 121 Å². The molecule has 19 heavy (non-hydrogen) atoms. The summed E-state index contributed by atoms with van der Waals surface area (Å²) < 4.78 is 0. The second kappa shape index (κ2) is 5.29. The fourth-order valence-corrected chi connectivity index (χ4v) is 3.02. The number of anilines is 1. The van der Waals surface area contributed by atoms with Crippen molar-refractivity contribution in [2.45, 2.75) is 39.1 Å². The molecule has 0 N–H and O–H groups in total. The van der Waals surface area contributed by atoms with Crippen molar-refractivity contribution in [1.29, 1.82) is 0 Å². The monoisotopic (exact) mass is 281 g/mol. The van der Waals surface area contributed by atoms with Gasteiger partial charge < -0.3 is 4.90 Å². The van der Waals surface area contributed by atoms with Gasteiger partial charge in [-0.05, 0) is 46.4 Å². The number of rotatable bonds is 2. The van der Waals surface area contributed by atoms with Crippen LogP contribution in [0.4, 0.5) is 5.82 Å². The Morgan fingerprint density at radius 1 is 1.32 bits per heavy atom. The van der Waals surface area contributed by atoms with E-state index in [1.54, 1.807) is 0 Å². The van der Waals surface area contributed by atoms with Crippen molar-refractivity contribution in [3.63, 3.8) is 0 Å². The van der Waals surface area contributed by atoms with Gasteiger partial charge in [0.2, 0.25) is 0 Å². The van der Waals surface area contributed by atoms with Gasteiger partial charge in [-0.1, -0.05) is 0 Å². The Kier molecular flexibility index (Phi) is 4.07. The molecule has 3 nitrogen and oxygen atoms in total. The first-order chi connectivity index (χ1) is 8.85. The van der Waals surface area contributed by atoms with Gasteiger partial charge in [0.05, 0.1) is 5.88 Å². The highest BCUT2D eigenvalue weighted by atomic mass is 35.5. The Balaban J connectivity index is 2.37. The van der Waals surface area contributed by atoms with Crippen LogP contribution in [0.25, 0.3) is 0 Å². The van der Waals surface area contributed by atoms with Crippen LogP contribution in [-0.2, 0) is 5.88 Å². The van der Waals surface area contributed by atoms with Gasteiger partial charge in [-0.2, -0.15) is 0 Å². The Morgan fingerprint density at radius 2 is 2.00 bits per heavy atom. The molecule has 1 fully saturated rings. The second-order valence-corrected chi connectivity index (χ2v) is 6.44. The minimum Gasteiger partial charge on any atom is -0.353 e. The average Bonchev–Trinajstić information content (AvgIpc) is 2.31. The molecular formula is C15H24ClN3. The van der Waals surface area contributed by atoms with E-state index in [1.807, 2.05) is 0 Å². The quantitative estimate of drug-likeness (QED) is 0.777. The highest BCUT2D eigenvalue weighted by molar-refractivity contribution is 6.17. The van der Waals surface area contributed by atoms with Gasteiger partial charge in [0.15, 0.2) is 0 Å². The topological polar surface area (TPSA) is 19.4 Å². The van der Waals surface area contributed by atoms with E-state index >= 15 is 0 Å². The van der Waals surface area contributed by atoms with Crippen molar-refractivity contribution in [2.24, 2.45) is 0 Å². The Morgan fingerprint density at radius 3 is 2.58 bits per heavy atom. The van der Waals surface area contributed by atoms with Crippen molar-refractivity contribution < 1.29 is 0 Å². The highest BCUT2D eigenvalue weighted by Crippen LogP contribution is 2.28. The largest absolute Gasteiger partial charge is 0.353 e. The molecule has 1 aliphatic heterocycles. The predicted octanol–water partition coefficient (Wildman–Crippen LogP) is 2.97. The fourth-order valence-electron chi connectivity index (χ4n) is 2.69. The minimum atomic E-state index is 0.168. The van der Waals surface area contributed by atoms with E-state index in [0.29, 0.717) is 5.88 Å². The lowest BCUT2D eigenvalue weighted by atomic mass is 9.99. The number of hydrogen-bond acceptors (Lipinski definition) is 3. The molecule has 2 rings (SSSR count). The third kappa shape index (κ3) is 2.87. The van der Waals surface area contributed by atoms with E-state index in [9.17, 15) is 0 Å². The molecule has 1 aliphatic rings. The van der Waals surface area contributed by atoms with Crippen molar-refractivity contribution in [2.75, 3.05) is 31.6 Å². The van der Waals surface area contributed by atoms with Crippen molar-refractivity contribution in [3.05, 3.63) is 22.9 Å². The van der Waals surface area contributed by atoms with E-state index in [2.05, 4.69) is 50.6 Å². The summed E-state index contributed by atoms with van der Waals surface area (Å²) in [6.45, 7) is 11.8. The summed E-state index contributed by atoms with van der Waals surface area (Å²) in [5.41, 5.74) is 3.65. The molecule has 2 heterocycles. The normalized spacial score (nSPS) is 19.8. The molecule has 106 valence electrons. The molecule has 0 spiro atoms. The summed E-state index contributed by atoms with van der Waals surface area (Å²) in [5, 5.41) is 0. The number of hydrogen-bond donors (Lipinski definition) is 0. The van der Waals surface area contributed by atoms with Gasteiger partial charge in [0.1, 0.15) is 5.82 Å². The lowest BCUT2D eigenvalue weighted by molar-refractivity contribution is 0.138. The molecule has 0 bridgehead atoms. The number of nitrogens with zero attached hydrogens (tertiary/aromatic N) is 3. The number of likely N-dealkylation sites (N-methyl/N-ethyl adjacent to an activating group) is 1. The first-order valence-corrected chi connectivity index (χ1v) is 7.38. The minimum absolute atomic E-state index is 0.168. The Hall–Kier alpha value is -0.800. The molecule has 4 heteroatoms. The SMILES string of the molecule is Cc1cc(C)c(CCl)c(N2CCN(C)C(C)(C)C2)n1. The maximum atomic E-state index is 6.13. The Bertz CT molecular complexity index is 471. The number of piperazine rings is 1. The predicted molar refractivity (Wildman–Crippen MR) is 82.2 cm³/mol. The molecule has 0 aromatic carbocycles. The first kappa shape index (κ1) is 14.6. The summed E-state index contributed by atoms with van der Waals surface area (Å²) >= 11 is 6.13. The van der Waals surface area contributed by atoms with Gasteiger partial charge in [0, 0.05) is 36.4 Å². The smallest absolute Gasteiger partial charge is 0.133 e. The lowest BCUT2D eigenvalue weighted by Gasteiger charge is -2.46. The number of alkyl halides is 1. The van der Waals surface area contributed by atoms with Crippen molar-refractivity contribution >= 4 is 17.4 Å². The van der Waals surface area contributed by atoms with Crippen LogP contribution in [-0.4, -0.2) is 42.1 Å². The van der Waals surface area contributed by atoms with Crippen LogP contribution in [0, 0.1) is 13.8 Å². The van der Waals surface area contributed by atoms with Crippen LogP contribution in [0.5, 0.6) is 0 Å². The number of aromatic nitrogens is 1. The molecule has 1 aromatic heterocycles. The number of aryl methyl sites for hydroxylation is 2. The van der Waals surface area contributed by atoms with E-state index in [0.717, 1.165) is 31.1 Å². The number of pyridine rings is 1. The van der Waals surface area contributed by atoms with Crippen molar-refractivity contribution in [3.8, 4) is 0 Å². The van der Waals surface area contributed by atoms with Gasteiger partial charge in [0.25, 0.3) is 0 Å². The van der Waals surface area contributed by atoms with Gasteiger partial charge in [-0.25, -0.2) is 4.98 Å². The van der Waals surface area contributed by atoms with Crippen LogP contribution < -0.4 is 4.90 Å². The molecule has 0 saturated carbocycles.